The van der Waals surface area contributed by atoms with Gasteiger partial charge in [0.25, 0.3) is 0 Å². The molecule has 0 aromatic rings. The highest BCUT2D eigenvalue weighted by atomic mass is 16.5. The van der Waals surface area contributed by atoms with Gasteiger partial charge in [-0.25, -0.2) is 4.79 Å². The van der Waals surface area contributed by atoms with Gasteiger partial charge in [0, 0.05) is 6.61 Å². The molecule has 1 unspecified atom stereocenters. The molecule has 0 aromatic heterocycles. The van der Waals surface area contributed by atoms with E-state index in [0.29, 0.717) is 13.0 Å². The van der Waals surface area contributed by atoms with Crippen molar-refractivity contribution >= 4 is 11.9 Å². The van der Waals surface area contributed by atoms with Crippen LogP contribution in [0.1, 0.15) is 19.8 Å². The molecule has 0 aromatic carbocycles. The summed E-state index contributed by atoms with van der Waals surface area (Å²) in [4.78, 5) is 21.9. The smallest absolute Gasteiger partial charge is 0.337 e. The van der Waals surface area contributed by atoms with E-state index in [9.17, 15) is 14.7 Å². The van der Waals surface area contributed by atoms with Gasteiger partial charge in [0.1, 0.15) is 6.10 Å². The number of rotatable bonds is 4. The van der Waals surface area contributed by atoms with Crippen molar-refractivity contribution in [2.24, 2.45) is 0 Å². The number of ether oxygens (including phenoxy) is 1. The standard InChI is InChI=1S/C9H15NO5/c1-9(14,8(12)13)5-10-7(11)6-3-2-4-15-6/h6,14H,2-5H2,1H3,(H,10,11)(H,12,13)/t6-,9?/m1/s1. The van der Waals surface area contributed by atoms with Gasteiger partial charge in [-0.05, 0) is 19.8 Å². The van der Waals surface area contributed by atoms with Crippen molar-refractivity contribution in [2.45, 2.75) is 31.5 Å². The van der Waals surface area contributed by atoms with E-state index >= 15 is 0 Å². The average molecular weight is 217 g/mol. The first-order valence-corrected chi connectivity index (χ1v) is 4.78. The molecule has 15 heavy (non-hydrogen) atoms. The fourth-order valence-corrected chi connectivity index (χ4v) is 1.23. The topological polar surface area (TPSA) is 95.9 Å². The van der Waals surface area contributed by atoms with Gasteiger partial charge in [0.05, 0.1) is 6.54 Å². The second-order valence-corrected chi connectivity index (χ2v) is 3.80. The first-order chi connectivity index (χ1) is 6.93. The molecule has 1 aliphatic heterocycles. The van der Waals surface area contributed by atoms with Crippen molar-refractivity contribution in [3.05, 3.63) is 0 Å². The number of aliphatic hydroxyl groups is 1. The molecular weight excluding hydrogens is 202 g/mol. The van der Waals surface area contributed by atoms with Gasteiger partial charge < -0.3 is 20.3 Å². The molecule has 6 nitrogen and oxygen atoms in total. The summed E-state index contributed by atoms with van der Waals surface area (Å²) >= 11 is 0. The van der Waals surface area contributed by atoms with Crippen LogP contribution in [0.4, 0.5) is 0 Å². The van der Waals surface area contributed by atoms with Crippen molar-refractivity contribution < 1.29 is 24.5 Å². The van der Waals surface area contributed by atoms with Crippen LogP contribution in [0.2, 0.25) is 0 Å². The summed E-state index contributed by atoms with van der Waals surface area (Å²) in [5.74, 6) is -1.73. The molecule has 1 heterocycles. The highest BCUT2D eigenvalue weighted by Crippen LogP contribution is 2.12. The van der Waals surface area contributed by atoms with Crippen molar-refractivity contribution in [3.8, 4) is 0 Å². The van der Waals surface area contributed by atoms with Crippen LogP contribution in [-0.4, -0.2) is 46.9 Å². The zero-order valence-corrected chi connectivity index (χ0v) is 8.52. The van der Waals surface area contributed by atoms with Crippen molar-refractivity contribution in [3.63, 3.8) is 0 Å². The lowest BCUT2D eigenvalue weighted by Crippen LogP contribution is -2.48. The van der Waals surface area contributed by atoms with E-state index in [4.69, 9.17) is 9.84 Å². The lowest BCUT2D eigenvalue weighted by atomic mass is 10.1. The third-order valence-corrected chi connectivity index (χ3v) is 2.29. The first-order valence-electron chi connectivity index (χ1n) is 4.78. The van der Waals surface area contributed by atoms with Gasteiger partial charge in [-0.1, -0.05) is 0 Å². The highest BCUT2D eigenvalue weighted by molar-refractivity contribution is 5.83. The minimum Gasteiger partial charge on any atom is -0.479 e. The van der Waals surface area contributed by atoms with E-state index in [1.165, 1.54) is 0 Å². The van der Waals surface area contributed by atoms with E-state index in [-0.39, 0.29) is 12.5 Å². The monoisotopic (exact) mass is 217 g/mol. The number of carbonyl (C=O) groups is 2. The minimum atomic E-state index is -1.94. The zero-order chi connectivity index (χ0) is 11.5. The van der Waals surface area contributed by atoms with Gasteiger partial charge in [0.15, 0.2) is 5.60 Å². The highest BCUT2D eigenvalue weighted by Gasteiger charge is 2.32. The van der Waals surface area contributed by atoms with E-state index < -0.39 is 17.7 Å². The van der Waals surface area contributed by atoms with Crippen LogP contribution in [0.15, 0.2) is 0 Å². The Kier molecular flexibility index (Phi) is 3.65. The second kappa shape index (κ2) is 4.59. The van der Waals surface area contributed by atoms with Crippen LogP contribution in [0.25, 0.3) is 0 Å². The number of carbonyl (C=O) groups excluding carboxylic acids is 1. The Morgan fingerprint density at radius 1 is 1.60 bits per heavy atom. The number of nitrogens with one attached hydrogen (secondary N) is 1. The number of hydrogen-bond acceptors (Lipinski definition) is 4. The fraction of sp³-hybridized carbons (Fsp3) is 0.778. The number of hydrogen-bond donors (Lipinski definition) is 3. The molecule has 0 aliphatic carbocycles. The maximum absolute atomic E-state index is 11.4. The summed E-state index contributed by atoms with van der Waals surface area (Å²) in [5.41, 5.74) is -1.94. The van der Waals surface area contributed by atoms with E-state index in [1.807, 2.05) is 0 Å². The Labute approximate surface area is 87.2 Å². The molecule has 0 spiro atoms. The molecule has 0 radical (unpaired) electrons. The van der Waals surface area contributed by atoms with Gasteiger partial charge >= 0.3 is 5.97 Å². The maximum Gasteiger partial charge on any atom is 0.337 e. The van der Waals surface area contributed by atoms with Crippen LogP contribution >= 0.6 is 0 Å². The second-order valence-electron chi connectivity index (χ2n) is 3.80. The number of amides is 1. The molecule has 0 saturated carbocycles. The minimum absolute atomic E-state index is 0.318. The van der Waals surface area contributed by atoms with Crippen molar-refractivity contribution in [1.82, 2.24) is 5.32 Å². The number of aliphatic carboxylic acids is 1. The van der Waals surface area contributed by atoms with Crippen LogP contribution in [0, 0.1) is 0 Å². The van der Waals surface area contributed by atoms with Crippen LogP contribution in [0.3, 0.4) is 0 Å². The van der Waals surface area contributed by atoms with Crippen LogP contribution in [-0.2, 0) is 14.3 Å². The molecule has 3 N–H and O–H groups in total. The Morgan fingerprint density at radius 3 is 2.73 bits per heavy atom. The predicted molar refractivity (Wildman–Crippen MR) is 50.2 cm³/mol. The zero-order valence-electron chi connectivity index (χ0n) is 8.52. The molecule has 86 valence electrons. The van der Waals surface area contributed by atoms with E-state index in [2.05, 4.69) is 5.32 Å². The Morgan fingerprint density at radius 2 is 2.27 bits per heavy atom. The van der Waals surface area contributed by atoms with Crippen LogP contribution in [0.5, 0.6) is 0 Å². The Bertz CT molecular complexity index is 257. The van der Waals surface area contributed by atoms with Gasteiger partial charge in [0.2, 0.25) is 5.91 Å². The summed E-state index contributed by atoms with van der Waals surface area (Å²) in [7, 11) is 0. The van der Waals surface area contributed by atoms with Gasteiger partial charge in [-0.15, -0.1) is 0 Å². The lowest BCUT2D eigenvalue weighted by molar-refractivity contribution is -0.156. The summed E-state index contributed by atoms with van der Waals surface area (Å²) in [6, 6.07) is 0. The normalized spacial score (nSPS) is 24.5. The summed E-state index contributed by atoms with van der Waals surface area (Å²) in [5, 5.41) is 20.3. The van der Waals surface area contributed by atoms with Crippen LogP contribution < -0.4 is 5.32 Å². The molecule has 1 rings (SSSR count). The van der Waals surface area contributed by atoms with Crippen molar-refractivity contribution in [2.75, 3.05) is 13.2 Å². The molecule has 1 saturated heterocycles. The number of carboxylic acid groups (broad SMARTS) is 1. The molecule has 1 aliphatic rings. The molecule has 1 fully saturated rings. The summed E-state index contributed by atoms with van der Waals surface area (Å²) in [6.45, 7) is 1.36. The van der Waals surface area contributed by atoms with Gasteiger partial charge in [-0.2, -0.15) is 0 Å². The first kappa shape index (κ1) is 11.9. The SMILES string of the molecule is CC(O)(CNC(=O)[C@H]1CCCO1)C(=O)O. The third kappa shape index (κ3) is 3.17. The average Bonchev–Trinajstić information content (AvgIpc) is 2.66. The molecule has 0 bridgehead atoms. The quantitative estimate of drug-likeness (QED) is 0.568. The predicted octanol–water partition coefficient (Wildman–Crippen LogP) is -0.883. The Balaban J connectivity index is 2.36. The molecule has 2 atom stereocenters. The van der Waals surface area contributed by atoms with Crippen molar-refractivity contribution in [1.29, 1.82) is 0 Å². The largest absolute Gasteiger partial charge is 0.479 e. The Hall–Kier alpha value is -1.14. The number of carboxylic acids is 1. The molecule has 1 amide bonds. The van der Waals surface area contributed by atoms with Gasteiger partial charge in [-0.3, -0.25) is 4.79 Å². The third-order valence-electron chi connectivity index (χ3n) is 2.29. The lowest BCUT2D eigenvalue weighted by Gasteiger charge is -2.19. The maximum atomic E-state index is 11.4. The van der Waals surface area contributed by atoms with E-state index in [1.54, 1.807) is 0 Å². The summed E-state index contributed by atoms with van der Waals surface area (Å²) < 4.78 is 5.10. The van der Waals surface area contributed by atoms with E-state index in [0.717, 1.165) is 13.3 Å². The fourth-order valence-electron chi connectivity index (χ4n) is 1.23. The molecular formula is C9H15NO5. The molecule has 6 heteroatoms. The summed E-state index contributed by atoms with van der Waals surface area (Å²) in [6.07, 6.45) is 0.962.